The fourth-order valence-electron chi connectivity index (χ4n) is 7.80. The molecule has 3 aromatic carbocycles. The molecule has 2 heterocycles. The van der Waals surface area contributed by atoms with Gasteiger partial charge in [0.1, 0.15) is 35.2 Å². The molecule has 5 amide bonds. The van der Waals surface area contributed by atoms with E-state index in [1.54, 1.807) is 82.5 Å². The van der Waals surface area contributed by atoms with Crippen molar-refractivity contribution in [1.82, 2.24) is 25.2 Å². The van der Waals surface area contributed by atoms with Crippen LogP contribution in [0, 0.1) is 11.3 Å². The van der Waals surface area contributed by atoms with Crippen LogP contribution in [0.1, 0.15) is 46.5 Å². The fourth-order valence-corrected chi connectivity index (χ4v) is 9.35. The Morgan fingerprint density at radius 3 is 2.23 bits per heavy atom. The number of likely N-dealkylation sites (tertiary alicyclic amines) is 1. The summed E-state index contributed by atoms with van der Waals surface area (Å²) in [7, 11) is -3.07. The Labute approximate surface area is 353 Å². The van der Waals surface area contributed by atoms with E-state index >= 15 is 0 Å². The molecule has 0 radical (unpaired) electrons. The standard InChI is InChI=1S/C44H48N6O10S/c1-6-27-24-44(27,40(54)49-61(57,58)43(19-20-43)39(53)45-28-15-11-8-12-16-28)48-37(51)34-22-30(25-50(34)38(52)36(42(2,3)4)47-41(55)56)60-35-23-32(26-13-9-7-10-14-26)46-33-21-29(59-5)17-18-31(33)35/h6-18,21,23,27,30,34,36,47H,1,19-20,22,24-25H2,2-5H3,(H,45,53)(H,48,51)(H,49,54)(H,55,56). The molecule has 17 heteroatoms. The van der Waals surface area contributed by atoms with Crippen LogP contribution in [-0.2, 0) is 29.2 Å². The number of benzene rings is 3. The van der Waals surface area contributed by atoms with Gasteiger partial charge in [0.25, 0.3) is 5.91 Å². The van der Waals surface area contributed by atoms with Crippen molar-refractivity contribution in [2.24, 2.45) is 11.3 Å². The smallest absolute Gasteiger partial charge is 0.405 e. The number of sulfonamides is 1. The molecule has 2 aliphatic carbocycles. The number of carboxylic acid groups (broad SMARTS) is 1. The monoisotopic (exact) mass is 852 g/mol. The van der Waals surface area contributed by atoms with Crippen LogP contribution in [0.5, 0.6) is 11.5 Å². The van der Waals surface area contributed by atoms with Crippen LogP contribution in [-0.4, -0.2) is 95.3 Å². The Balaban J connectivity index is 1.18. The molecule has 4 aromatic rings. The quantitative estimate of drug-likeness (QED) is 0.110. The first kappa shape index (κ1) is 42.6. The SMILES string of the molecule is C=CC1CC1(NC(=O)C1CC(Oc2cc(-c3ccccc3)nc3cc(OC)ccc23)CN1C(=O)C(NC(=O)O)C(C)(C)C)C(=O)NS(=O)(=O)C1(C(=O)Nc2ccccc2)CC1. The molecule has 1 saturated heterocycles. The Morgan fingerprint density at radius 2 is 1.64 bits per heavy atom. The van der Waals surface area contributed by atoms with Crippen molar-refractivity contribution in [3.05, 3.63) is 97.6 Å². The molecular weight excluding hydrogens is 805 g/mol. The lowest BCUT2D eigenvalue weighted by molar-refractivity contribution is -0.142. The third-order valence-corrected chi connectivity index (χ3v) is 13.6. The molecule has 0 spiro atoms. The van der Waals surface area contributed by atoms with E-state index in [2.05, 4.69) is 27.3 Å². The maximum atomic E-state index is 14.5. The predicted molar refractivity (Wildman–Crippen MR) is 226 cm³/mol. The highest BCUT2D eigenvalue weighted by Gasteiger charge is 2.66. The number of pyridine rings is 1. The van der Waals surface area contributed by atoms with Crippen LogP contribution in [0.25, 0.3) is 22.2 Å². The van der Waals surface area contributed by atoms with Crippen LogP contribution in [0.3, 0.4) is 0 Å². The normalized spacial score (nSPS) is 22.0. The van der Waals surface area contributed by atoms with E-state index in [0.29, 0.717) is 33.8 Å². The van der Waals surface area contributed by atoms with Crippen molar-refractivity contribution in [2.45, 2.75) is 74.9 Å². The zero-order chi connectivity index (χ0) is 43.9. The van der Waals surface area contributed by atoms with Gasteiger partial charge >= 0.3 is 6.09 Å². The molecule has 0 bridgehead atoms. The molecule has 5 unspecified atom stereocenters. The number of carbonyl (C=O) groups excluding carboxylic acids is 4. The zero-order valence-corrected chi connectivity index (χ0v) is 35.0. The molecule has 61 heavy (non-hydrogen) atoms. The van der Waals surface area contributed by atoms with E-state index in [0.717, 1.165) is 5.56 Å². The molecule has 3 fully saturated rings. The number of anilines is 1. The van der Waals surface area contributed by atoms with Gasteiger partial charge in [0, 0.05) is 41.1 Å². The second-order valence-electron chi connectivity index (χ2n) is 16.7. The maximum absolute atomic E-state index is 14.5. The Morgan fingerprint density at radius 1 is 0.967 bits per heavy atom. The molecule has 16 nitrogen and oxygen atoms in total. The topological polar surface area (TPSA) is 222 Å². The van der Waals surface area contributed by atoms with E-state index in [-0.39, 0.29) is 32.2 Å². The summed E-state index contributed by atoms with van der Waals surface area (Å²) in [5, 5.41) is 18.0. The number of carbonyl (C=O) groups is 5. The highest BCUT2D eigenvalue weighted by molar-refractivity contribution is 7.92. The summed E-state index contributed by atoms with van der Waals surface area (Å²) >= 11 is 0. The number of nitrogens with one attached hydrogen (secondary N) is 4. The third kappa shape index (κ3) is 8.46. The first-order chi connectivity index (χ1) is 28.9. The Kier molecular flexibility index (Phi) is 11.3. The van der Waals surface area contributed by atoms with Crippen molar-refractivity contribution in [2.75, 3.05) is 19.0 Å². The summed E-state index contributed by atoms with van der Waals surface area (Å²) in [4.78, 5) is 74.3. The molecule has 1 aliphatic heterocycles. The van der Waals surface area contributed by atoms with Gasteiger partial charge in [-0.2, -0.15) is 0 Å². The van der Waals surface area contributed by atoms with Gasteiger partial charge in [-0.05, 0) is 48.9 Å². The summed E-state index contributed by atoms with van der Waals surface area (Å²) in [6.07, 6.45) is -0.975. The highest BCUT2D eigenvalue weighted by atomic mass is 32.2. The lowest BCUT2D eigenvalue weighted by atomic mass is 9.85. The van der Waals surface area contributed by atoms with Crippen molar-refractivity contribution < 1.29 is 47.0 Å². The summed E-state index contributed by atoms with van der Waals surface area (Å²) in [6, 6.07) is 22.2. The summed E-state index contributed by atoms with van der Waals surface area (Å²) in [5.74, 6) is -3.06. The van der Waals surface area contributed by atoms with E-state index in [4.69, 9.17) is 14.5 Å². The Hall–Kier alpha value is -6.49. The first-order valence-corrected chi connectivity index (χ1v) is 21.3. The number of nitrogens with zero attached hydrogens (tertiary/aromatic N) is 2. The number of hydrogen-bond donors (Lipinski definition) is 5. The first-order valence-electron chi connectivity index (χ1n) is 19.8. The van der Waals surface area contributed by atoms with Gasteiger partial charge in [-0.25, -0.2) is 18.2 Å². The third-order valence-electron chi connectivity index (χ3n) is 11.5. The number of rotatable bonds is 14. The minimum atomic E-state index is -4.61. The second-order valence-corrected chi connectivity index (χ2v) is 18.7. The molecule has 5 atom stereocenters. The average Bonchev–Trinajstić information content (AvgIpc) is 4.14. The van der Waals surface area contributed by atoms with Gasteiger partial charge in [-0.1, -0.05) is 75.4 Å². The molecule has 3 aliphatic rings. The average molecular weight is 853 g/mol. The molecule has 320 valence electrons. The van der Waals surface area contributed by atoms with Crippen LogP contribution in [0.4, 0.5) is 10.5 Å². The number of methoxy groups -OCH3 is 1. The second kappa shape index (κ2) is 16.2. The number of hydrogen-bond acceptors (Lipinski definition) is 10. The van der Waals surface area contributed by atoms with Crippen molar-refractivity contribution in [3.63, 3.8) is 0 Å². The molecule has 1 aromatic heterocycles. The summed E-state index contributed by atoms with van der Waals surface area (Å²) in [6.45, 7) is 8.66. The van der Waals surface area contributed by atoms with Gasteiger partial charge < -0.3 is 35.4 Å². The highest BCUT2D eigenvalue weighted by Crippen LogP contribution is 2.48. The maximum Gasteiger partial charge on any atom is 0.405 e. The number of aromatic nitrogens is 1. The summed E-state index contributed by atoms with van der Waals surface area (Å²) < 4.78 is 39.8. The predicted octanol–water partition coefficient (Wildman–Crippen LogP) is 4.62. The molecule has 2 saturated carbocycles. The van der Waals surface area contributed by atoms with Crippen LogP contribution in [0.2, 0.25) is 0 Å². The van der Waals surface area contributed by atoms with Crippen LogP contribution < -0.4 is 30.1 Å². The number of fused-ring (bicyclic) bond motifs is 1. The van der Waals surface area contributed by atoms with E-state index in [1.165, 1.54) is 11.0 Å². The van der Waals surface area contributed by atoms with Gasteiger partial charge in [-0.3, -0.25) is 23.9 Å². The van der Waals surface area contributed by atoms with Crippen molar-refractivity contribution >= 4 is 56.3 Å². The van der Waals surface area contributed by atoms with Gasteiger partial charge in [0.2, 0.25) is 27.7 Å². The minimum absolute atomic E-state index is 0.00663. The molecule has 7 rings (SSSR count). The molecular formula is C44H48N6O10S. The molecule has 5 N–H and O–H groups in total. The van der Waals surface area contributed by atoms with E-state index < -0.39 is 79.6 Å². The minimum Gasteiger partial charge on any atom is -0.497 e. The van der Waals surface area contributed by atoms with Crippen molar-refractivity contribution in [1.29, 1.82) is 0 Å². The summed E-state index contributed by atoms with van der Waals surface area (Å²) in [5.41, 5.74) is -0.371. The van der Waals surface area contributed by atoms with E-state index in [9.17, 15) is 37.5 Å². The van der Waals surface area contributed by atoms with Gasteiger partial charge in [0.05, 0.1) is 24.9 Å². The van der Waals surface area contributed by atoms with Crippen molar-refractivity contribution in [3.8, 4) is 22.8 Å². The zero-order valence-electron chi connectivity index (χ0n) is 34.1. The fraction of sp³-hybridized carbons (Fsp3) is 0.364. The number of ether oxygens (including phenoxy) is 2. The lowest BCUT2D eigenvalue weighted by Crippen LogP contribution is -2.60. The Bertz CT molecular complexity index is 2510. The van der Waals surface area contributed by atoms with Gasteiger partial charge in [-0.15, -0.1) is 6.58 Å². The number of para-hydroxylation sites is 1. The van der Waals surface area contributed by atoms with Gasteiger partial charge in [0.15, 0.2) is 4.75 Å². The number of amides is 5. The van der Waals surface area contributed by atoms with Crippen LogP contribution in [0.15, 0.2) is 97.6 Å². The largest absolute Gasteiger partial charge is 0.497 e. The van der Waals surface area contributed by atoms with Crippen LogP contribution >= 0.6 is 0 Å². The van der Waals surface area contributed by atoms with E-state index in [1.807, 2.05) is 30.3 Å². The lowest BCUT2D eigenvalue weighted by Gasteiger charge is -2.35.